The average Bonchev–Trinajstić information content (AvgIpc) is 3.81. The van der Waals surface area contributed by atoms with Crippen LogP contribution in [0.15, 0.2) is 303 Å². The summed E-state index contributed by atoms with van der Waals surface area (Å²) in [7, 11) is 0. The zero-order valence-electron chi connectivity index (χ0n) is 43.5. The fourth-order valence-electron chi connectivity index (χ4n) is 12.7. The number of rotatable bonds is 3. The highest BCUT2D eigenvalue weighted by Crippen LogP contribution is 2.63. The van der Waals surface area contributed by atoms with Gasteiger partial charge in [0.25, 0.3) is 0 Å². The maximum atomic E-state index is 12.2. The number of carbonyl (C=O) groups excluding carboxylic acids is 1. The van der Waals surface area contributed by atoms with Crippen LogP contribution in [-0.4, -0.2) is 10.9 Å². The van der Waals surface area contributed by atoms with Gasteiger partial charge in [-0.3, -0.25) is 4.79 Å². The molecule has 4 aliphatic rings. The third-order valence-electron chi connectivity index (χ3n) is 16.0. The first-order valence-corrected chi connectivity index (χ1v) is 30.0. The second-order valence-corrected chi connectivity index (χ2v) is 23.7. The molecule has 0 aromatic heterocycles. The van der Waals surface area contributed by atoms with Crippen molar-refractivity contribution in [1.82, 2.24) is 0 Å². The van der Waals surface area contributed by atoms with E-state index in [1.807, 2.05) is 146 Å². The lowest BCUT2D eigenvalue weighted by molar-refractivity contribution is 0.104. The van der Waals surface area contributed by atoms with Gasteiger partial charge < -0.3 is 5.11 Å². The van der Waals surface area contributed by atoms with Crippen LogP contribution in [0.4, 0.5) is 0 Å². The van der Waals surface area contributed by atoms with Crippen molar-refractivity contribution in [3.8, 4) is 66.8 Å². The van der Waals surface area contributed by atoms with Crippen LogP contribution in [-0.2, 0) is 11.0 Å². The zero-order valence-corrected chi connectivity index (χ0v) is 49.8. The normalized spacial score (nSPS) is 14.4. The maximum absolute atomic E-state index is 12.2. The van der Waals surface area contributed by atoms with E-state index >= 15 is 0 Å². The summed E-state index contributed by atoms with van der Waals surface area (Å²) >= 11 is 14.6. The quantitative estimate of drug-likeness (QED) is 0.191. The third-order valence-corrected chi connectivity index (χ3v) is 18.7. The Labute approximate surface area is 506 Å². The molecule has 1 unspecified atom stereocenters. The van der Waals surface area contributed by atoms with Gasteiger partial charge in [-0.15, -0.1) is 0 Å². The standard InChI is InChI=1S/C25H17BrO.C25H15Br.C13H8O.C12H8Br2/c26-23-16-8-15-22-24(23)19-12-5-7-14-21(19)25(22,27)20-13-6-4-11-18(20)17-9-2-1-3-10-17;26-23-15-7-14-22-24(23)18-10-3-6-13-21(18)25(22)19-11-4-1-8-16(19)17-9-2-5-12-20(17)25;14-13-11-7-3-1-5-9(11)10-6-2-4-8-12(10)13;13-11-7-3-1-5-9(11)10-6-2-4-8-12(10)14/h1-16,27H;1-15H;2*1-8H. The van der Waals surface area contributed by atoms with Gasteiger partial charge in [0.2, 0.25) is 0 Å². The number of hydrogen-bond donors (Lipinski definition) is 1. The molecule has 0 saturated carbocycles. The number of ketones is 1. The third kappa shape index (κ3) is 8.79. The molecule has 0 saturated heterocycles. The molecule has 388 valence electrons. The Bertz CT molecular complexity index is 4280. The maximum Gasteiger partial charge on any atom is 0.194 e. The predicted octanol–water partition coefficient (Wildman–Crippen LogP) is 20.9. The molecule has 4 aliphatic carbocycles. The van der Waals surface area contributed by atoms with Crippen LogP contribution in [0.5, 0.6) is 0 Å². The average molecular weight is 1300 g/mol. The molecule has 12 aromatic carbocycles. The fourth-order valence-corrected chi connectivity index (χ4v) is 14.8. The first-order valence-electron chi connectivity index (χ1n) is 26.8. The summed E-state index contributed by atoms with van der Waals surface area (Å²) < 4.78 is 4.40. The molecule has 0 amide bonds. The number of halogens is 4. The van der Waals surface area contributed by atoms with Crippen LogP contribution in [0, 0.1) is 0 Å². The van der Waals surface area contributed by atoms with Crippen LogP contribution in [0.25, 0.3) is 66.8 Å². The van der Waals surface area contributed by atoms with E-state index in [2.05, 4.69) is 203 Å². The summed E-state index contributed by atoms with van der Waals surface area (Å²) in [6.07, 6.45) is 0. The molecular formula is C75H48Br4O2. The molecular weight excluding hydrogens is 1250 g/mol. The Morgan fingerprint density at radius 3 is 1.01 bits per heavy atom. The van der Waals surface area contributed by atoms with E-state index in [0.29, 0.717) is 0 Å². The topological polar surface area (TPSA) is 37.3 Å². The lowest BCUT2D eigenvalue weighted by Crippen LogP contribution is -2.27. The van der Waals surface area contributed by atoms with Crippen molar-refractivity contribution in [2.75, 3.05) is 0 Å². The Hall–Kier alpha value is -7.81. The second-order valence-electron chi connectivity index (χ2n) is 20.3. The summed E-state index contributed by atoms with van der Waals surface area (Å²) in [5.41, 5.74) is 22.7. The van der Waals surface area contributed by atoms with Crippen LogP contribution >= 0.6 is 63.7 Å². The van der Waals surface area contributed by atoms with Gasteiger partial charge in [0.1, 0.15) is 5.60 Å². The number of carbonyl (C=O) groups is 1. The van der Waals surface area contributed by atoms with E-state index in [0.717, 1.165) is 74.6 Å². The number of benzene rings is 12. The lowest BCUT2D eigenvalue weighted by atomic mass is 9.70. The molecule has 16 rings (SSSR count). The summed E-state index contributed by atoms with van der Waals surface area (Å²) in [5, 5.41) is 12.2. The van der Waals surface area contributed by atoms with Gasteiger partial charge in [0, 0.05) is 56.8 Å². The molecule has 1 N–H and O–H groups in total. The number of fused-ring (bicyclic) bond motifs is 16. The first kappa shape index (κ1) is 52.6. The molecule has 0 aliphatic heterocycles. The van der Waals surface area contributed by atoms with Crippen molar-refractivity contribution < 1.29 is 9.90 Å². The zero-order chi connectivity index (χ0) is 55.2. The summed E-state index contributed by atoms with van der Waals surface area (Å²) in [6.45, 7) is 0. The molecule has 0 radical (unpaired) electrons. The molecule has 6 heteroatoms. The Morgan fingerprint density at radius 1 is 0.235 bits per heavy atom. The second kappa shape index (κ2) is 21.9. The van der Waals surface area contributed by atoms with Gasteiger partial charge >= 0.3 is 0 Å². The van der Waals surface area contributed by atoms with Crippen LogP contribution in [0.1, 0.15) is 54.9 Å². The van der Waals surface area contributed by atoms with Gasteiger partial charge in [-0.2, -0.15) is 0 Å². The van der Waals surface area contributed by atoms with Gasteiger partial charge in [-0.1, -0.05) is 325 Å². The molecule has 1 spiro atoms. The minimum atomic E-state index is -1.19. The fraction of sp³-hybridized carbons (Fsp3) is 0.0267. The van der Waals surface area contributed by atoms with Gasteiger partial charge in [-0.25, -0.2) is 0 Å². The van der Waals surface area contributed by atoms with Gasteiger partial charge in [-0.05, 0) is 102 Å². The van der Waals surface area contributed by atoms with Gasteiger partial charge in [0.05, 0.1) is 5.41 Å². The van der Waals surface area contributed by atoms with E-state index in [-0.39, 0.29) is 11.2 Å². The van der Waals surface area contributed by atoms with Crippen LogP contribution < -0.4 is 0 Å². The van der Waals surface area contributed by atoms with Crippen molar-refractivity contribution in [3.63, 3.8) is 0 Å². The predicted molar refractivity (Wildman–Crippen MR) is 347 cm³/mol. The molecule has 12 aromatic rings. The van der Waals surface area contributed by atoms with Crippen LogP contribution in [0.2, 0.25) is 0 Å². The van der Waals surface area contributed by atoms with Crippen molar-refractivity contribution >= 4 is 69.5 Å². The van der Waals surface area contributed by atoms with E-state index < -0.39 is 5.60 Å². The molecule has 0 heterocycles. The summed E-state index contributed by atoms with van der Waals surface area (Å²) in [6, 6.07) is 97.8. The largest absolute Gasteiger partial charge is 0.376 e. The molecule has 1 atom stereocenters. The van der Waals surface area contributed by atoms with Crippen molar-refractivity contribution in [2.24, 2.45) is 0 Å². The highest BCUT2D eigenvalue weighted by Gasteiger charge is 2.52. The SMILES string of the molecule is Brc1cccc2c1-c1ccccc1C21c2ccccc2-c2ccccc21.Brc1ccccc1-c1ccccc1Br.O=C1c2ccccc2-c2ccccc21.OC1(c2ccccc2-c2ccccc2)c2ccccc2-c2c(Br)cccc21. The molecule has 0 bridgehead atoms. The summed E-state index contributed by atoms with van der Waals surface area (Å²) in [5.74, 6) is 0.149. The minimum Gasteiger partial charge on any atom is -0.376 e. The number of hydrogen-bond acceptors (Lipinski definition) is 2. The number of aliphatic hydroxyl groups is 1. The Kier molecular flexibility index (Phi) is 14.2. The first-order chi connectivity index (χ1) is 39.7. The minimum absolute atomic E-state index is 0.149. The van der Waals surface area contributed by atoms with E-state index in [4.69, 9.17) is 0 Å². The van der Waals surface area contributed by atoms with Gasteiger partial charge in [0.15, 0.2) is 5.78 Å². The molecule has 0 fully saturated rings. The highest BCUT2D eigenvalue weighted by molar-refractivity contribution is 9.11. The van der Waals surface area contributed by atoms with Crippen molar-refractivity contribution in [3.05, 3.63) is 353 Å². The monoisotopic (exact) mass is 1300 g/mol. The highest BCUT2D eigenvalue weighted by atomic mass is 79.9. The molecule has 2 nitrogen and oxygen atoms in total. The van der Waals surface area contributed by atoms with E-state index in [1.165, 1.54) is 60.1 Å². The Balaban J connectivity index is 0.000000106. The van der Waals surface area contributed by atoms with E-state index in [1.54, 1.807) is 0 Å². The smallest absolute Gasteiger partial charge is 0.194 e. The Morgan fingerprint density at radius 2 is 0.531 bits per heavy atom. The van der Waals surface area contributed by atoms with E-state index in [9.17, 15) is 9.90 Å². The van der Waals surface area contributed by atoms with Crippen molar-refractivity contribution in [1.29, 1.82) is 0 Å². The molecule has 81 heavy (non-hydrogen) atoms. The summed E-state index contributed by atoms with van der Waals surface area (Å²) in [4.78, 5) is 11.9. The van der Waals surface area contributed by atoms with Crippen molar-refractivity contribution in [2.45, 2.75) is 11.0 Å². The lowest BCUT2D eigenvalue weighted by Gasteiger charge is -2.30. The van der Waals surface area contributed by atoms with Crippen LogP contribution in [0.3, 0.4) is 0 Å².